The lowest BCUT2D eigenvalue weighted by Gasteiger charge is -2.20. The highest BCUT2D eigenvalue weighted by atomic mass is 79.9. The summed E-state index contributed by atoms with van der Waals surface area (Å²) in [5.74, 6) is -0.204. The summed E-state index contributed by atoms with van der Waals surface area (Å²) in [6, 6.07) is 8.85. The summed E-state index contributed by atoms with van der Waals surface area (Å²) < 4.78 is 14.2. The minimum atomic E-state index is -0.204. The molecule has 0 bridgehead atoms. The zero-order chi connectivity index (χ0) is 14.5. The van der Waals surface area contributed by atoms with Crippen molar-refractivity contribution in [2.45, 2.75) is 26.3 Å². The van der Waals surface area contributed by atoms with Crippen LogP contribution >= 0.6 is 15.9 Å². The molecule has 1 aromatic heterocycles. The van der Waals surface area contributed by atoms with Gasteiger partial charge in [-0.15, -0.1) is 0 Å². The number of rotatable bonds is 5. The fraction of sp³-hybridized carbons (Fsp3) is 0.312. The van der Waals surface area contributed by atoms with Crippen LogP contribution < -0.4 is 5.32 Å². The molecular formula is C16H18BrFN2. The second-order valence-corrected chi connectivity index (χ2v) is 5.71. The highest BCUT2D eigenvalue weighted by molar-refractivity contribution is 9.10. The number of hydrogen-bond acceptors (Lipinski definition) is 2. The summed E-state index contributed by atoms with van der Waals surface area (Å²) in [7, 11) is 0. The Hall–Kier alpha value is -1.26. The SMILES string of the molecule is CCCNC(c1ccc(Br)cn1)c1ccc(F)cc1C. The van der Waals surface area contributed by atoms with E-state index >= 15 is 0 Å². The third-order valence-corrected chi connectivity index (χ3v) is 3.66. The van der Waals surface area contributed by atoms with Crippen LogP contribution in [0.25, 0.3) is 0 Å². The Kier molecular flexibility index (Phi) is 5.26. The molecule has 1 unspecified atom stereocenters. The van der Waals surface area contributed by atoms with Crippen molar-refractivity contribution < 1.29 is 4.39 Å². The van der Waals surface area contributed by atoms with Crippen molar-refractivity contribution in [3.63, 3.8) is 0 Å². The van der Waals surface area contributed by atoms with E-state index in [9.17, 15) is 4.39 Å². The Bertz CT molecular complexity index is 569. The number of benzene rings is 1. The van der Waals surface area contributed by atoms with Crippen molar-refractivity contribution in [3.05, 3.63) is 63.6 Å². The lowest BCUT2D eigenvalue weighted by Crippen LogP contribution is -2.24. The molecule has 1 atom stereocenters. The number of nitrogens with zero attached hydrogens (tertiary/aromatic N) is 1. The molecule has 0 saturated carbocycles. The topological polar surface area (TPSA) is 24.9 Å². The highest BCUT2D eigenvalue weighted by Crippen LogP contribution is 2.25. The Balaban J connectivity index is 2.38. The minimum absolute atomic E-state index is 0.0105. The first-order chi connectivity index (χ1) is 9.61. The van der Waals surface area contributed by atoms with E-state index in [0.29, 0.717) is 0 Å². The van der Waals surface area contributed by atoms with Crippen molar-refractivity contribution in [1.82, 2.24) is 10.3 Å². The van der Waals surface area contributed by atoms with E-state index < -0.39 is 0 Å². The molecule has 0 aliphatic rings. The van der Waals surface area contributed by atoms with Gasteiger partial charge in [-0.05, 0) is 71.2 Å². The van der Waals surface area contributed by atoms with E-state index in [4.69, 9.17) is 0 Å². The summed E-state index contributed by atoms with van der Waals surface area (Å²) >= 11 is 3.39. The van der Waals surface area contributed by atoms with E-state index in [-0.39, 0.29) is 11.9 Å². The van der Waals surface area contributed by atoms with Crippen molar-refractivity contribution in [2.75, 3.05) is 6.54 Å². The summed E-state index contributed by atoms with van der Waals surface area (Å²) in [5, 5.41) is 3.48. The molecule has 4 heteroatoms. The van der Waals surface area contributed by atoms with Gasteiger partial charge in [-0.25, -0.2) is 4.39 Å². The van der Waals surface area contributed by atoms with Crippen LogP contribution in [0.1, 0.15) is 36.2 Å². The monoisotopic (exact) mass is 336 g/mol. The van der Waals surface area contributed by atoms with Gasteiger partial charge in [-0.3, -0.25) is 4.98 Å². The number of halogens is 2. The number of hydrogen-bond donors (Lipinski definition) is 1. The van der Waals surface area contributed by atoms with Crippen molar-refractivity contribution in [1.29, 1.82) is 0 Å². The van der Waals surface area contributed by atoms with Gasteiger partial charge in [-0.2, -0.15) is 0 Å². The van der Waals surface area contributed by atoms with E-state index in [1.807, 2.05) is 25.1 Å². The van der Waals surface area contributed by atoms with Crippen LogP contribution in [0.15, 0.2) is 41.0 Å². The molecule has 1 N–H and O–H groups in total. The summed E-state index contributed by atoms with van der Waals surface area (Å²) in [4.78, 5) is 4.47. The standard InChI is InChI=1S/C16H18BrFN2/c1-3-8-19-16(15-7-4-12(17)10-20-15)14-6-5-13(18)9-11(14)2/h4-7,9-10,16,19H,3,8H2,1-2H3. The molecule has 2 aromatic rings. The Labute approximate surface area is 127 Å². The molecule has 0 aliphatic carbocycles. The highest BCUT2D eigenvalue weighted by Gasteiger charge is 2.17. The zero-order valence-electron chi connectivity index (χ0n) is 11.7. The second-order valence-electron chi connectivity index (χ2n) is 4.79. The van der Waals surface area contributed by atoms with Gasteiger partial charge in [0.1, 0.15) is 5.82 Å². The lowest BCUT2D eigenvalue weighted by molar-refractivity contribution is 0.579. The first kappa shape index (κ1) is 15.1. The maximum Gasteiger partial charge on any atom is 0.123 e. The summed E-state index contributed by atoms with van der Waals surface area (Å²) in [5.41, 5.74) is 2.94. The molecule has 2 nitrogen and oxygen atoms in total. The van der Waals surface area contributed by atoms with Gasteiger partial charge in [0.15, 0.2) is 0 Å². The molecule has 106 valence electrons. The van der Waals surface area contributed by atoms with E-state index in [0.717, 1.165) is 34.3 Å². The quantitative estimate of drug-likeness (QED) is 0.876. The molecule has 0 fully saturated rings. The van der Waals surface area contributed by atoms with Gasteiger partial charge in [0, 0.05) is 10.7 Å². The zero-order valence-corrected chi connectivity index (χ0v) is 13.2. The Morgan fingerprint density at radius 2 is 2.10 bits per heavy atom. The van der Waals surface area contributed by atoms with Crippen molar-refractivity contribution >= 4 is 15.9 Å². The third kappa shape index (κ3) is 3.64. The first-order valence-corrected chi connectivity index (χ1v) is 7.52. The van der Waals surface area contributed by atoms with Crippen LogP contribution in [0.5, 0.6) is 0 Å². The molecule has 20 heavy (non-hydrogen) atoms. The predicted molar refractivity (Wildman–Crippen MR) is 83.2 cm³/mol. The Morgan fingerprint density at radius 1 is 1.30 bits per heavy atom. The maximum absolute atomic E-state index is 13.3. The number of aromatic nitrogens is 1. The van der Waals surface area contributed by atoms with Gasteiger partial charge in [0.25, 0.3) is 0 Å². The molecule has 0 radical (unpaired) electrons. The molecular weight excluding hydrogens is 319 g/mol. The van der Waals surface area contributed by atoms with E-state index in [1.165, 1.54) is 6.07 Å². The van der Waals surface area contributed by atoms with Crippen molar-refractivity contribution in [2.24, 2.45) is 0 Å². The normalized spacial score (nSPS) is 12.4. The lowest BCUT2D eigenvalue weighted by atomic mass is 9.98. The average Bonchev–Trinajstić information content (AvgIpc) is 2.42. The fourth-order valence-electron chi connectivity index (χ4n) is 2.18. The van der Waals surface area contributed by atoms with Crippen molar-refractivity contribution in [3.8, 4) is 0 Å². The number of nitrogens with one attached hydrogen (secondary N) is 1. The predicted octanol–water partition coefficient (Wildman–Crippen LogP) is 4.38. The van der Waals surface area contributed by atoms with Crippen LogP contribution in [0.4, 0.5) is 4.39 Å². The fourth-order valence-corrected chi connectivity index (χ4v) is 2.42. The Morgan fingerprint density at radius 3 is 2.70 bits per heavy atom. The van der Waals surface area contributed by atoms with Crippen LogP contribution in [-0.4, -0.2) is 11.5 Å². The summed E-state index contributed by atoms with van der Waals surface area (Å²) in [6.45, 7) is 4.94. The van der Waals surface area contributed by atoms with Gasteiger partial charge < -0.3 is 5.32 Å². The van der Waals surface area contributed by atoms with Gasteiger partial charge in [0.05, 0.1) is 11.7 Å². The molecule has 0 saturated heterocycles. The second kappa shape index (κ2) is 6.95. The molecule has 2 rings (SSSR count). The van der Waals surface area contributed by atoms with Crippen LogP contribution in [0.2, 0.25) is 0 Å². The molecule has 0 spiro atoms. The smallest absolute Gasteiger partial charge is 0.123 e. The van der Waals surface area contributed by atoms with Gasteiger partial charge in [0.2, 0.25) is 0 Å². The molecule has 0 aliphatic heterocycles. The number of aryl methyl sites for hydroxylation is 1. The minimum Gasteiger partial charge on any atom is -0.305 e. The van der Waals surface area contributed by atoms with Crippen LogP contribution in [-0.2, 0) is 0 Å². The van der Waals surface area contributed by atoms with E-state index in [1.54, 1.807) is 12.3 Å². The molecule has 1 aromatic carbocycles. The molecule has 0 amide bonds. The van der Waals surface area contributed by atoms with E-state index in [2.05, 4.69) is 33.2 Å². The largest absolute Gasteiger partial charge is 0.305 e. The third-order valence-electron chi connectivity index (χ3n) is 3.19. The van der Waals surface area contributed by atoms with Crippen LogP contribution in [0.3, 0.4) is 0 Å². The average molecular weight is 337 g/mol. The number of pyridine rings is 1. The van der Waals surface area contributed by atoms with Crippen LogP contribution in [0, 0.1) is 12.7 Å². The molecule has 1 heterocycles. The van der Waals surface area contributed by atoms with Gasteiger partial charge >= 0.3 is 0 Å². The maximum atomic E-state index is 13.3. The first-order valence-electron chi connectivity index (χ1n) is 6.72. The summed E-state index contributed by atoms with van der Waals surface area (Å²) in [6.07, 6.45) is 2.82. The van der Waals surface area contributed by atoms with Gasteiger partial charge in [-0.1, -0.05) is 13.0 Å².